The van der Waals surface area contributed by atoms with Crippen molar-refractivity contribution in [3.63, 3.8) is 0 Å². The minimum atomic E-state index is -3.35. The number of fused-ring (bicyclic) bond motifs is 1. The molecule has 6 nitrogen and oxygen atoms in total. The Kier molecular flexibility index (Phi) is 3.71. The molecule has 0 saturated carbocycles. The molecule has 124 valence electrons. The quantitative estimate of drug-likeness (QED) is 0.857. The molecule has 3 rings (SSSR count). The SMILES string of the molecule is Cc1ccc2c(c1)CCC(c1nc(C(C)(C)S(C)(=O)=O)no1)O2. The van der Waals surface area contributed by atoms with Gasteiger partial charge in [-0.15, -0.1) is 0 Å². The predicted octanol–water partition coefficient (Wildman–Crippen LogP) is 2.72. The molecule has 2 heterocycles. The van der Waals surface area contributed by atoms with Crippen LogP contribution >= 0.6 is 0 Å². The van der Waals surface area contributed by atoms with E-state index in [1.165, 1.54) is 11.8 Å². The minimum absolute atomic E-state index is 0.160. The van der Waals surface area contributed by atoms with Gasteiger partial charge in [-0.05, 0) is 45.2 Å². The molecule has 0 N–H and O–H groups in total. The van der Waals surface area contributed by atoms with E-state index >= 15 is 0 Å². The zero-order chi connectivity index (χ0) is 16.8. The first kappa shape index (κ1) is 16.0. The van der Waals surface area contributed by atoms with Crippen molar-refractivity contribution in [2.24, 2.45) is 0 Å². The number of hydrogen-bond acceptors (Lipinski definition) is 6. The third-order valence-corrected chi connectivity index (χ3v) is 6.38. The topological polar surface area (TPSA) is 82.3 Å². The Morgan fingerprint density at radius 2 is 2.04 bits per heavy atom. The van der Waals surface area contributed by atoms with Gasteiger partial charge in [0.2, 0.25) is 0 Å². The first-order chi connectivity index (χ1) is 10.7. The fraction of sp³-hybridized carbons (Fsp3) is 0.500. The number of benzene rings is 1. The first-order valence-corrected chi connectivity index (χ1v) is 9.37. The van der Waals surface area contributed by atoms with Gasteiger partial charge in [-0.25, -0.2) is 8.42 Å². The average Bonchev–Trinajstić information content (AvgIpc) is 2.96. The third-order valence-electron chi connectivity index (χ3n) is 4.34. The molecule has 0 spiro atoms. The van der Waals surface area contributed by atoms with Crippen LogP contribution < -0.4 is 4.74 Å². The largest absolute Gasteiger partial charge is 0.480 e. The number of aromatic nitrogens is 2. The molecule has 0 fully saturated rings. The number of ether oxygens (including phenoxy) is 1. The Hall–Kier alpha value is -1.89. The average molecular weight is 336 g/mol. The molecule has 1 aromatic carbocycles. The number of nitrogens with zero attached hydrogens (tertiary/aromatic N) is 2. The smallest absolute Gasteiger partial charge is 0.267 e. The van der Waals surface area contributed by atoms with E-state index in [0.29, 0.717) is 5.89 Å². The molecule has 7 heteroatoms. The molecule has 23 heavy (non-hydrogen) atoms. The second kappa shape index (κ2) is 5.33. The van der Waals surface area contributed by atoms with Crippen LogP contribution in [0.15, 0.2) is 22.7 Å². The molecule has 0 radical (unpaired) electrons. The lowest BCUT2D eigenvalue weighted by atomic mass is 10.0. The molecular weight excluding hydrogens is 316 g/mol. The van der Waals surface area contributed by atoms with Gasteiger partial charge in [0.05, 0.1) is 0 Å². The van der Waals surface area contributed by atoms with Crippen LogP contribution in [0.4, 0.5) is 0 Å². The maximum absolute atomic E-state index is 11.9. The summed E-state index contributed by atoms with van der Waals surface area (Å²) < 4.78 is 33.8. The van der Waals surface area contributed by atoms with Crippen LogP contribution in [-0.2, 0) is 21.0 Å². The number of sulfone groups is 1. The van der Waals surface area contributed by atoms with Gasteiger partial charge in [-0.3, -0.25) is 0 Å². The third kappa shape index (κ3) is 2.85. The van der Waals surface area contributed by atoms with E-state index in [-0.39, 0.29) is 11.9 Å². The molecule has 0 aliphatic carbocycles. The highest BCUT2D eigenvalue weighted by Crippen LogP contribution is 2.35. The number of aryl methyl sites for hydroxylation is 2. The summed E-state index contributed by atoms with van der Waals surface area (Å²) in [5.74, 6) is 1.30. The Balaban J connectivity index is 1.86. The van der Waals surface area contributed by atoms with Crippen LogP contribution in [-0.4, -0.2) is 24.8 Å². The van der Waals surface area contributed by atoms with Gasteiger partial charge in [0.25, 0.3) is 5.89 Å². The van der Waals surface area contributed by atoms with Gasteiger partial charge in [-0.1, -0.05) is 22.9 Å². The van der Waals surface area contributed by atoms with Gasteiger partial charge in [-0.2, -0.15) is 4.98 Å². The van der Waals surface area contributed by atoms with Gasteiger partial charge in [0, 0.05) is 6.26 Å². The van der Waals surface area contributed by atoms with E-state index < -0.39 is 14.6 Å². The molecule has 2 aromatic rings. The molecule has 0 amide bonds. The highest BCUT2D eigenvalue weighted by Gasteiger charge is 2.38. The van der Waals surface area contributed by atoms with Crippen molar-refractivity contribution in [2.45, 2.75) is 44.5 Å². The maximum atomic E-state index is 11.9. The Labute approximate surface area is 135 Å². The highest BCUT2D eigenvalue weighted by atomic mass is 32.2. The Bertz CT molecular complexity index is 840. The van der Waals surface area contributed by atoms with Gasteiger partial charge in [0.15, 0.2) is 21.8 Å². The van der Waals surface area contributed by atoms with Crippen LogP contribution in [0.1, 0.15) is 49.2 Å². The van der Waals surface area contributed by atoms with E-state index in [1.807, 2.05) is 19.1 Å². The maximum Gasteiger partial charge on any atom is 0.267 e. The summed E-state index contributed by atoms with van der Waals surface area (Å²) >= 11 is 0. The van der Waals surface area contributed by atoms with Crippen LogP contribution in [0.25, 0.3) is 0 Å². The zero-order valence-corrected chi connectivity index (χ0v) is 14.5. The van der Waals surface area contributed by atoms with Crippen molar-refractivity contribution >= 4 is 9.84 Å². The summed E-state index contributed by atoms with van der Waals surface area (Å²) in [6, 6.07) is 6.04. The van der Waals surface area contributed by atoms with E-state index in [0.717, 1.165) is 24.2 Å². The summed E-state index contributed by atoms with van der Waals surface area (Å²) in [5, 5.41) is 3.85. The fourth-order valence-electron chi connectivity index (χ4n) is 2.47. The fourth-order valence-corrected chi connectivity index (χ4v) is 2.88. The second-order valence-electron chi connectivity index (χ2n) is 6.50. The lowest BCUT2D eigenvalue weighted by Gasteiger charge is -2.23. The molecule has 1 aromatic heterocycles. The van der Waals surface area contributed by atoms with Crippen molar-refractivity contribution in [2.75, 3.05) is 6.26 Å². The highest BCUT2D eigenvalue weighted by molar-refractivity contribution is 7.91. The van der Waals surface area contributed by atoms with Gasteiger partial charge >= 0.3 is 0 Å². The van der Waals surface area contributed by atoms with Crippen LogP contribution in [0.2, 0.25) is 0 Å². The molecule has 0 bridgehead atoms. The van der Waals surface area contributed by atoms with E-state index in [9.17, 15) is 8.42 Å². The van der Waals surface area contributed by atoms with E-state index in [1.54, 1.807) is 13.8 Å². The number of hydrogen-bond donors (Lipinski definition) is 0. The van der Waals surface area contributed by atoms with Crippen molar-refractivity contribution in [3.8, 4) is 5.75 Å². The van der Waals surface area contributed by atoms with Gasteiger partial charge in [0.1, 0.15) is 10.5 Å². The number of rotatable bonds is 3. The monoisotopic (exact) mass is 336 g/mol. The molecule has 1 atom stereocenters. The lowest BCUT2D eigenvalue weighted by molar-refractivity contribution is 0.135. The van der Waals surface area contributed by atoms with Crippen molar-refractivity contribution in [1.82, 2.24) is 10.1 Å². The second-order valence-corrected chi connectivity index (χ2v) is 9.06. The Morgan fingerprint density at radius 3 is 2.74 bits per heavy atom. The van der Waals surface area contributed by atoms with E-state index in [2.05, 4.69) is 16.2 Å². The van der Waals surface area contributed by atoms with E-state index in [4.69, 9.17) is 9.26 Å². The van der Waals surface area contributed by atoms with Gasteiger partial charge < -0.3 is 9.26 Å². The summed E-state index contributed by atoms with van der Waals surface area (Å²) in [6.07, 6.45) is 2.40. The standard InChI is InChI=1S/C16H20N2O4S/c1-10-5-7-12-11(9-10)6-8-13(21-12)14-17-15(18-22-14)16(2,3)23(4,19)20/h5,7,9,13H,6,8H2,1-4H3. The van der Waals surface area contributed by atoms with Crippen LogP contribution in [0.5, 0.6) is 5.75 Å². The Morgan fingerprint density at radius 1 is 1.30 bits per heavy atom. The van der Waals surface area contributed by atoms with Crippen LogP contribution in [0, 0.1) is 6.92 Å². The summed E-state index contributed by atoms with van der Waals surface area (Å²) in [7, 11) is -3.35. The molecule has 0 saturated heterocycles. The van der Waals surface area contributed by atoms with Crippen molar-refractivity contribution < 1.29 is 17.7 Å². The normalized spacial score (nSPS) is 18.3. The van der Waals surface area contributed by atoms with Crippen LogP contribution in [0.3, 0.4) is 0 Å². The summed E-state index contributed by atoms with van der Waals surface area (Å²) in [4.78, 5) is 4.28. The summed E-state index contributed by atoms with van der Waals surface area (Å²) in [6.45, 7) is 5.18. The molecular formula is C16H20N2O4S. The van der Waals surface area contributed by atoms with Crippen molar-refractivity contribution in [3.05, 3.63) is 41.0 Å². The molecule has 1 unspecified atom stereocenters. The minimum Gasteiger partial charge on any atom is -0.480 e. The summed E-state index contributed by atoms with van der Waals surface area (Å²) in [5.41, 5.74) is 2.36. The lowest BCUT2D eigenvalue weighted by Crippen LogP contribution is -2.29. The van der Waals surface area contributed by atoms with Crippen molar-refractivity contribution in [1.29, 1.82) is 0 Å². The molecule has 1 aliphatic rings. The zero-order valence-electron chi connectivity index (χ0n) is 13.7. The first-order valence-electron chi connectivity index (χ1n) is 7.48. The molecule has 1 aliphatic heterocycles. The predicted molar refractivity (Wildman–Crippen MR) is 85.0 cm³/mol.